The Morgan fingerprint density at radius 1 is 1.38 bits per heavy atom. The molecule has 0 aliphatic rings. The third kappa shape index (κ3) is 3.62. The second-order valence-corrected chi connectivity index (χ2v) is 4.88. The van der Waals surface area contributed by atoms with Gasteiger partial charge in [0.2, 0.25) is 5.89 Å². The van der Waals surface area contributed by atoms with Crippen molar-refractivity contribution in [3.05, 3.63) is 48.2 Å². The smallest absolute Gasteiger partial charge is 0.315 e. The van der Waals surface area contributed by atoms with Crippen molar-refractivity contribution in [2.75, 3.05) is 7.11 Å². The molecule has 1 N–H and O–H groups in total. The maximum atomic E-state index is 11.5. The average Bonchev–Trinajstić information content (AvgIpc) is 3.02. The lowest BCUT2D eigenvalue weighted by atomic mass is 9.87. The number of benzene rings is 1. The molecule has 0 saturated carbocycles. The van der Waals surface area contributed by atoms with Crippen LogP contribution in [-0.2, 0) is 4.79 Å². The second kappa shape index (κ2) is 6.92. The summed E-state index contributed by atoms with van der Waals surface area (Å²) >= 11 is 0. The Labute approximate surface area is 123 Å². The third-order valence-corrected chi connectivity index (χ3v) is 3.65. The van der Waals surface area contributed by atoms with E-state index < -0.39 is 11.9 Å². The molecular weight excluding hydrogens is 270 g/mol. The molecular formula is C16H19NO4. The number of nitrogens with zero attached hydrogens (tertiary/aromatic N) is 1. The highest BCUT2D eigenvalue weighted by Gasteiger charge is 2.28. The first kappa shape index (κ1) is 15.1. The minimum absolute atomic E-state index is 0.129. The highest BCUT2D eigenvalue weighted by atomic mass is 16.5. The fourth-order valence-corrected chi connectivity index (χ4v) is 2.41. The molecule has 2 rings (SSSR count). The molecule has 0 aliphatic heterocycles. The molecule has 1 aromatic carbocycles. The van der Waals surface area contributed by atoms with Gasteiger partial charge in [0.05, 0.1) is 13.3 Å². The fraction of sp³-hybridized carbons (Fsp3) is 0.375. The van der Waals surface area contributed by atoms with E-state index >= 15 is 0 Å². The molecule has 0 fully saturated rings. The summed E-state index contributed by atoms with van der Waals surface area (Å²) in [4.78, 5) is 15.4. The van der Waals surface area contributed by atoms with E-state index in [1.54, 1.807) is 7.11 Å². The molecule has 1 heterocycles. The highest BCUT2D eigenvalue weighted by Crippen LogP contribution is 2.32. The Kier molecular flexibility index (Phi) is 4.98. The van der Waals surface area contributed by atoms with Gasteiger partial charge in [-0.15, -0.1) is 0 Å². The van der Waals surface area contributed by atoms with Crippen LogP contribution in [-0.4, -0.2) is 23.2 Å². The van der Waals surface area contributed by atoms with Crippen LogP contribution in [0.5, 0.6) is 5.75 Å². The van der Waals surface area contributed by atoms with E-state index in [1.807, 2.05) is 31.2 Å². The van der Waals surface area contributed by atoms with Crippen LogP contribution < -0.4 is 4.74 Å². The summed E-state index contributed by atoms with van der Waals surface area (Å²) in [6, 6.07) is 7.72. The number of carboxylic acid groups (broad SMARTS) is 1. The van der Waals surface area contributed by atoms with Crippen molar-refractivity contribution in [1.82, 2.24) is 4.98 Å². The fourth-order valence-electron chi connectivity index (χ4n) is 2.41. The monoisotopic (exact) mass is 289 g/mol. The predicted molar refractivity (Wildman–Crippen MR) is 77.5 cm³/mol. The van der Waals surface area contributed by atoms with Crippen LogP contribution in [0.25, 0.3) is 0 Å². The summed E-state index contributed by atoms with van der Waals surface area (Å²) in [5.74, 6) is -0.467. The quantitative estimate of drug-likeness (QED) is 0.845. The molecule has 2 unspecified atom stereocenters. The number of aliphatic carboxylic acids is 1. The number of rotatable bonds is 7. The first-order chi connectivity index (χ1) is 10.2. The summed E-state index contributed by atoms with van der Waals surface area (Å²) in [7, 11) is 1.62. The second-order valence-electron chi connectivity index (χ2n) is 4.88. The van der Waals surface area contributed by atoms with Crippen LogP contribution in [0.2, 0.25) is 0 Å². The Hall–Kier alpha value is -2.30. The van der Waals surface area contributed by atoms with Crippen LogP contribution in [0.3, 0.4) is 0 Å². The van der Waals surface area contributed by atoms with Gasteiger partial charge in [-0.25, -0.2) is 4.98 Å². The number of carboxylic acids is 1. The van der Waals surface area contributed by atoms with Crippen LogP contribution in [0.4, 0.5) is 0 Å². The Bertz CT molecular complexity index is 562. The first-order valence-corrected chi connectivity index (χ1v) is 6.91. The van der Waals surface area contributed by atoms with Crippen molar-refractivity contribution in [2.24, 2.45) is 0 Å². The van der Waals surface area contributed by atoms with E-state index in [2.05, 4.69) is 4.98 Å². The Balaban J connectivity index is 2.18. The van der Waals surface area contributed by atoms with Gasteiger partial charge in [-0.1, -0.05) is 19.1 Å². The largest absolute Gasteiger partial charge is 0.497 e. The normalized spacial score (nSPS) is 13.6. The van der Waals surface area contributed by atoms with E-state index in [0.717, 1.165) is 17.7 Å². The van der Waals surface area contributed by atoms with Gasteiger partial charge in [-0.3, -0.25) is 4.79 Å². The van der Waals surface area contributed by atoms with Crippen molar-refractivity contribution in [2.45, 2.75) is 31.6 Å². The van der Waals surface area contributed by atoms with Crippen molar-refractivity contribution in [1.29, 1.82) is 0 Å². The molecule has 0 amide bonds. The van der Waals surface area contributed by atoms with Crippen molar-refractivity contribution in [3.63, 3.8) is 0 Å². The molecule has 112 valence electrons. The number of carbonyl (C=O) groups is 1. The number of methoxy groups -OCH3 is 1. The zero-order chi connectivity index (χ0) is 15.2. The van der Waals surface area contributed by atoms with Crippen molar-refractivity contribution in [3.8, 4) is 5.75 Å². The van der Waals surface area contributed by atoms with Gasteiger partial charge in [0.1, 0.15) is 17.9 Å². The maximum absolute atomic E-state index is 11.5. The number of ether oxygens (including phenoxy) is 1. The summed E-state index contributed by atoms with van der Waals surface area (Å²) < 4.78 is 10.3. The van der Waals surface area contributed by atoms with Gasteiger partial charge in [0, 0.05) is 0 Å². The molecule has 0 aliphatic carbocycles. The zero-order valence-corrected chi connectivity index (χ0v) is 12.2. The maximum Gasteiger partial charge on any atom is 0.315 e. The number of oxazole rings is 1. The van der Waals surface area contributed by atoms with Crippen LogP contribution in [0.15, 0.2) is 41.1 Å². The lowest BCUT2D eigenvalue weighted by molar-refractivity contribution is -0.139. The summed E-state index contributed by atoms with van der Waals surface area (Å²) in [6.07, 6.45) is 4.18. The van der Waals surface area contributed by atoms with Crippen molar-refractivity contribution >= 4 is 5.97 Å². The zero-order valence-electron chi connectivity index (χ0n) is 12.2. The van der Waals surface area contributed by atoms with Crippen LogP contribution >= 0.6 is 0 Å². The predicted octanol–water partition coefficient (Wildman–Crippen LogP) is 3.44. The molecule has 0 bridgehead atoms. The lowest BCUT2D eigenvalue weighted by Gasteiger charge is -2.18. The summed E-state index contributed by atoms with van der Waals surface area (Å²) in [5, 5.41) is 9.40. The van der Waals surface area contributed by atoms with E-state index in [-0.39, 0.29) is 11.8 Å². The van der Waals surface area contributed by atoms with Crippen LogP contribution in [0, 0.1) is 0 Å². The minimum atomic E-state index is -0.913. The summed E-state index contributed by atoms with van der Waals surface area (Å²) in [5.41, 5.74) is 1.09. The molecule has 1 aromatic heterocycles. The van der Waals surface area contributed by atoms with E-state index in [9.17, 15) is 9.90 Å². The van der Waals surface area contributed by atoms with E-state index in [4.69, 9.17) is 9.15 Å². The summed E-state index contributed by atoms with van der Waals surface area (Å²) in [6.45, 7) is 2.05. The molecule has 2 atom stereocenters. The van der Waals surface area contributed by atoms with Crippen molar-refractivity contribution < 1.29 is 19.1 Å². The first-order valence-electron chi connectivity index (χ1n) is 6.91. The molecule has 0 spiro atoms. The molecule has 0 saturated heterocycles. The molecule has 5 heteroatoms. The molecule has 21 heavy (non-hydrogen) atoms. The highest BCUT2D eigenvalue weighted by molar-refractivity contribution is 5.74. The van der Waals surface area contributed by atoms with Gasteiger partial charge in [0.15, 0.2) is 0 Å². The van der Waals surface area contributed by atoms with Crippen LogP contribution in [0.1, 0.15) is 43.1 Å². The molecule has 0 radical (unpaired) electrons. The number of hydrogen-bond acceptors (Lipinski definition) is 4. The van der Waals surface area contributed by atoms with Gasteiger partial charge < -0.3 is 14.3 Å². The van der Waals surface area contributed by atoms with Gasteiger partial charge >= 0.3 is 5.97 Å². The lowest BCUT2D eigenvalue weighted by Crippen LogP contribution is -2.15. The number of aromatic nitrogens is 1. The Morgan fingerprint density at radius 3 is 2.57 bits per heavy atom. The average molecular weight is 289 g/mol. The minimum Gasteiger partial charge on any atom is -0.497 e. The Morgan fingerprint density at radius 2 is 2.10 bits per heavy atom. The van der Waals surface area contributed by atoms with Gasteiger partial charge in [0.25, 0.3) is 0 Å². The van der Waals surface area contributed by atoms with Gasteiger partial charge in [-0.2, -0.15) is 0 Å². The standard InChI is InChI=1S/C16H19NO4/c1-3-11(12-4-6-13(20-2)7-5-12)10-14(16(18)19)15-17-8-9-21-15/h4-9,11,14H,3,10H2,1-2H3,(H,18,19). The van der Waals surface area contributed by atoms with E-state index in [0.29, 0.717) is 6.42 Å². The molecule has 5 nitrogen and oxygen atoms in total. The SMILES string of the molecule is CCC(CC(C(=O)O)c1ncco1)c1ccc(OC)cc1. The number of hydrogen-bond donors (Lipinski definition) is 1. The van der Waals surface area contributed by atoms with E-state index in [1.165, 1.54) is 12.5 Å². The van der Waals surface area contributed by atoms with Gasteiger partial charge in [-0.05, 0) is 36.5 Å². The molecule has 2 aromatic rings. The topological polar surface area (TPSA) is 72.6 Å². The third-order valence-electron chi connectivity index (χ3n) is 3.65.